The highest BCUT2D eigenvalue weighted by atomic mass is 16.4. The van der Waals surface area contributed by atoms with Crippen molar-refractivity contribution < 1.29 is 9.90 Å². The summed E-state index contributed by atoms with van der Waals surface area (Å²) in [7, 11) is 0. The average Bonchev–Trinajstić information content (AvgIpc) is 1.99. The lowest BCUT2D eigenvalue weighted by atomic mass is 10.3. The van der Waals surface area contributed by atoms with Crippen LogP contribution in [-0.2, 0) is 11.2 Å². The Morgan fingerprint density at radius 2 is 1.77 bits per heavy atom. The maximum Gasteiger partial charge on any atom is 0.303 e. The topological polar surface area (TPSA) is 128 Å². The van der Waals surface area contributed by atoms with Crippen LogP contribution in [0.15, 0.2) is 0 Å². The number of anilines is 2. The van der Waals surface area contributed by atoms with Gasteiger partial charge in [-0.2, -0.15) is 15.0 Å². The van der Waals surface area contributed by atoms with Gasteiger partial charge in [-0.15, -0.1) is 0 Å². The fourth-order valence-corrected chi connectivity index (χ4v) is 0.787. The molecule has 7 heteroatoms. The molecule has 0 saturated carbocycles. The molecule has 70 valence electrons. The van der Waals surface area contributed by atoms with Crippen LogP contribution in [0, 0.1) is 0 Å². The van der Waals surface area contributed by atoms with E-state index in [-0.39, 0.29) is 24.7 Å². The molecule has 1 heterocycles. The number of aliphatic carboxylic acids is 1. The quantitative estimate of drug-likeness (QED) is 0.551. The van der Waals surface area contributed by atoms with Gasteiger partial charge >= 0.3 is 5.97 Å². The number of carboxylic acid groups (broad SMARTS) is 1. The minimum Gasteiger partial charge on any atom is -0.481 e. The van der Waals surface area contributed by atoms with Crippen LogP contribution in [-0.4, -0.2) is 26.0 Å². The lowest BCUT2D eigenvalue weighted by Gasteiger charge is -1.99. The second-order valence-electron chi connectivity index (χ2n) is 2.36. The third kappa shape index (κ3) is 2.89. The van der Waals surface area contributed by atoms with E-state index in [9.17, 15) is 4.79 Å². The smallest absolute Gasteiger partial charge is 0.303 e. The molecule has 0 bridgehead atoms. The number of aryl methyl sites for hydroxylation is 1. The zero-order chi connectivity index (χ0) is 9.84. The number of carbonyl (C=O) groups is 1. The van der Waals surface area contributed by atoms with E-state index in [4.69, 9.17) is 16.6 Å². The summed E-state index contributed by atoms with van der Waals surface area (Å²) in [5.41, 5.74) is 10.6. The van der Waals surface area contributed by atoms with E-state index in [0.29, 0.717) is 5.82 Å². The van der Waals surface area contributed by atoms with E-state index in [1.807, 2.05) is 0 Å². The van der Waals surface area contributed by atoms with E-state index in [2.05, 4.69) is 15.0 Å². The van der Waals surface area contributed by atoms with Crippen LogP contribution < -0.4 is 11.5 Å². The number of hydrogen-bond acceptors (Lipinski definition) is 6. The molecule has 0 atom stereocenters. The Morgan fingerprint density at radius 1 is 1.23 bits per heavy atom. The predicted octanol–water partition coefficient (Wildman–Crippen LogP) is -0.947. The Kier molecular flexibility index (Phi) is 2.58. The van der Waals surface area contributed by atoms with Crippen molar-refractivity contribution in [1.29, 1.82) is 0 Å². The summed E-state index contributed by atoms with van der Waals surface area (Å²) in [5, 5.41) is 8.38. The standard InChI is InChI=1S/C6H9N5O2/c7-5-9-3(1-2-4(12)13)10-6(8)11-5/h1-2H2,(H,12,13)(H4,7,8,9,10,11). The van der Waals surface area contributed by atoms with Gasteiger partial charge in [0, 0.05) is 6.42 Å². The molecule has 5 N–H and O–H groups in total. The predicted molar refractivity (Wildman–Crippen MR) is 44.6 cm³/mol. The second kappa shape index (κ2) is 3.65. The summed E-state index contributed by atoms with van der Waals surface area (Å²) >= 11 is 0. The molecule has 1 aromatic rings. The van der Waals surface area contributed by atoms with Crippen molar-refractivity contribution in [3.63, 3.8) is 0 Å². The molecule has 0 aliphatic carbocycles. The maximum atomic E-state index is 10.2. The number of aromatic nitrogens is 3. The van der Waals surface area contributed by atoms with Crippen LogP contribution in [0.5, 0.6) is 0 Å². The van der Waals surface area contributed by atoms with E-state index < -0.39 is 5.97 Å². The van der Waals surface area contributed by atoms with Crippen LogP contribution >= 0.6 is 0 Å². The minimum atomic E-state index is -0.919. The number of nitrogen functional groups attached to an aromatic ring is 2. The summed E-state index contributed by atoms with van der Waals surface area (Å²) in [6.07, 6.45) is 0.148. The molecule has 1 aromatic heterocycles. The van der Waals surface area contributed by atoms with Crippen LogP contribution in [0.3, 0.4) is 0 Å². The van der Waals surface area contributed by atoms with Crippen molar-refractivity contribution in [1.82, 2.24) is 15.0 Å². The molecule has 13 heavy (non-hydrogen) atoms. The van der Waals surface area contributed by atoms with Gasteiger partial charge < -0.3 is 16.6 Å². The number of hydrogen-bond donors (Lipinski definition) is 3. The van der Waals surface area contributed by atoms with E-state index in [1.54, 1.807) is 0 Å². The third-order valence-corrected chi connectivity index (χ3v) is 1.28. The van der Waals surface area contributed by atoms with E-state index in [1.165, 1.54) is 0 Å². The van der Waals surface area contributed by atoms with Gasteiger partial charge in [-0.3, -0.25) is 4.79 Å². The first-order chi connectivity index (χ1) is 6.08. The molecule has 0 radical (unpaired) electrons. The van der Waals surface area contributed by atoms with Crippen molar-refractivity contribution in [3.05, 3.63) is 5.82 Å². The lowest BCUT2D eigenvalue weighted by Crippen LogP contribution is -2.08. The molecule has 0 amide bonds. The van der Waals surface area contributed by atoms with Gasteiger partial charge in [0.2, 0.25) is 11.9 Å². The number of nitrogens with zero attached hydrogens (tertiary/aromatic N) is 3. The Hall–Kier alpha value is -1.92. The first-order valence-electron chi connectivity index (χ1n) is 3.55. The third-order valence-electron chi connectivity index (χ3n) is 1.28. The van der Waals surface area contributed by atoms with Gasteiger partial charge in [-0.25, -0.2) is 0 Å². The van der Waals surface area contributed by atoms with Gasteiger partial charge in [-0.1, -0.05) is 0 Å². The van der Waals surface area contributed by atoms with Crippen LogP contribution in [0.4, 0.5) is 11.9 Å². The molecular formula is C6H9N5O2. The summed E-state index contributed by atoms with van der Waals surface area (Å²) in [4.78, 5) is 21.2. The lowest BCUT2D eigenvalue weighted by molar-refractivity contribution is -0.137. The molecule has 0 spiro atoms. The summed E-state index contributed by atoms with van der Waals surface area (Å²) in [6, 6.07) is 0. The van der Waals surface area contributed by atoms with E-state index in [0.717, 1.165) is 0 Å². The van der Waals surface area contributed by atoms with Crippen molar-refractivity contribution in [3.8, 4) is 0 Å². The largest absolute Gasteiger partial charge is 0.481 e. The number of nitrogens with two attached hydrogens (primary N) is 2. The normalized spacial score (nSPS) is 9.85. The zero-order valence-electron chi connectivity index (χ0n) is 6.77. The van der Waals surface area contributed by atoms with Gasteiger partial charge in [0.05, 0.1) is 6.42 Å². The summed E-state index contributed by atoms with van der Waals surface area (Å²) in [5.74, 6) is -0.606. The van der Waals surface area contributed by atoms with Crippen LogP contribution in [0.25, 0.3) is 0 Å². The SMILES string of the molecule is Nc1nc(N)nc(CCC(=O)O)n1. The summed E-state index contributed by atoms with van der Waals surface area (Å²) < 4.78 is 0. The highest BCUT2D eigenvalue weighted by molar-refractivity contribution is 5.66. The Balaban J connectivity index is 2.71. The minimum absolute atomic E-state index is 0.00730. The zero-order valence-corrected chi connectivity index (χ0v) is 6.77. The maximum absolute atomic E-state index is 10.2. The highest BCUT2D eigenvalue weighted by Crippen LogP contribution is 2.01. The molecule has 7 nitrogen and oxygen atoms in total. The van der Waals surface area contributed by atoms with Gasteiger partial charge in [-0.05, 0) is 0 Å². The number of rotatable bonds is 3. The Morgan fingerprint density at radius 3 is 2.23 bits per heavy atom. The molecule has 0 aliphatic rings. The van der Waals surface area contributed by atoms with Crippen molar-refractivity contribution in [2.75, 3.05) is 11.5 Å². The van der Waals surface area contributed by atoms with Crippen molar-refractivity contribution in [2.24, 2.45) is 0 Å². The average molecular weight is 183 g/mol. The van der Waals surface area contributed by atoms with Gasteiger partial charge in [0.25, 0.3) is 0 Å². The second-order valence-corrected chi connectivity index (χ2v) is 2.36. The van der Waals surface area contributed by atoms with Gasteiger partial charge in [0.1, 0.15) is 5.82 Å². The molecule has 0 aromatic carbocycles. The molecule has 0 aliphatic heterocycles. The Labute approximate surface area is 73.8 Å². The summed E-state index contributed by atoms with van der Waals surface area (Å²) in [6.45, 7) is 0. The van der Waals surface area contributed by atoms with Crippen molar-refractivity contribution in [2.45, 2.75) is 12.8 Å². The van der Waals surface area contributed by atoms with Gasteiger partial charge in [0.15, 0.2) is 0 Å². The van der Waals surface area contributed by atoms with E-state index >= 15 is 0 Å². The van der Waals surface area contributed by atoms with Crippen LogP contribution in [0.1, 0.15) is 12.2 Å². The molecule has 0 fully saturated rings. The molecular weight excluding hydrogens is 174 g/mol. The molecule has 0 unspecified atom stereocenters. The van der Waals surface area contributed by atoms with Crippen molar-refractivity contribution >= 4 is 17.9 Å². The first-order valence-corrected chi connectivity index (χ1v) is 3.55. The highest BCUT2D eigenvalue weighted by Gasteiger charge is 2.04. The van der Waals surface area contributed by atoms with Crippen LogP contribution in [0.2, 0.25) is 0 Å². The first kappa shape index (κ1) is 9.17. The fourth-order valence-electron chi connectivity index (χ4n) is 0.787. The number of carboxylic acids is 1. The molecule has 1 rings (SSSR count). The monoisotopic (exact) mass is 183 g/mol. The molecule has 0 saturated heterocycles. The fraction of sp³-hybridized carbons (Fsp3) is 0.333. The Bertz CT molecular complexity index is 307.